The van der Waals surface area contributed by atoms with Crippen molar-refractivity contribution in [2.75, 3.05) is 13.1 Å². The summed E-state index contributed by atoms with van der Waals surface area (Å²) in [5.74, 6) is 1.72. The minimum Gasteiger partial charge on any atom is -0.329 e. The van der Waals surface area contributed by atoms with Gasteiger partial charge in [-0.15, -0.1) is 0 Å². The molecule has 1 saturated heterocycles. The largest absolute Gasteiger partial charge is 0.329 e. The summed E-state index contributed by atoms with van der Waals surface area (Å²) in [7, 11) is 0. The van der Waals surface area contributed by atoms with Crippen LogP contribution in [0.1, 0.15) is 52.9 Å². The summed E-state index contributed by atoms with van der Waals surface area (Å²) >= 11 is 0. The molecule has 0 aromatic heterocycles. The third kappa shape index (κ3) is 2.02. The second-order valence-electron chi connectivity index (χ2n) is 6.31. The van der Waals surface area contributed by atoms with Crippen LogP contribution in [0.5, 0.6) is 0 Å². The molecular formula is C14H28N2. The molecule has 0 aromatic rings. The van der Waals surface area contributed by atoms with E-state index in [4.69, 9.17) is 5.73 Å². The highest BCUT2D eigenvalue weighted by Crippen LogP contribution is 2.42. The van der Waals surface area contributed by atoms with E-state index in [9.17, 15) is 0 Å². The molecule has 0 aromatic carbocycles. The molecule has 0 radical (unpaired) electrons. The molecule has 16 heavy (non-hydrogen) atoms. The Labute approximate surface area is 101 Å². The third-order valence-corrected chi connectivity index (χ3v) is 5.28. The van der Waals surface area contributed by atoms with Crippen molar-refractivity contribution in [2.45, 2.75) is 64.5 Å². The van der Waals surface area contributed by atoms with Gasteiger partial charge < -0.3 is 5.73 Å². The molecule has 2 rings (SSSR count). The molecule has 4 unspecified atom stereocenters. The van der Waals surface area contributed by atoms with Crippen molar-refractivity contribution in [1.29, 1.82) is 0 Å². The molecule has 2 aliphatic rings. The maximum atomic E-state index is 6.15. The fraction of sp³-hybridized carbons (Fsp3) is 1.00. The van der Waals surface area contributed by atoms with Crippen molar-refractivity contribution in [3.8, 4) is 0 Å². The Hall–Kier alpha value is -0.0800. The highest BCUT2D eigenvalue weighted by atomic mass is 15.2. The predicted molar refractivity (Wildman–Crippen MR) is 69.4 cm³/mol. The Balaban J connectivity index is 2.13. The van der Waals surface area contributed by atoms with Crippen LogP contribution in [0, 0.1) is 11.8 Å². The number of nitrogens with zero attached hydrogens (tertiary/aromatic N) is 1. The van der Waals surface area contributed by atoms with E-state index >= 15 is 0 Å². The zero-order valence-electron chi connectivity index (χ0n) is 11.2. The quantitative estimate of drug-likeness (QED) is 0.781. The lowest BCUT2D eigenvalue weighted by Gasteiger charge is -2.49. The first kappa shape index (κ1) is 12.4. The molecule has 2 fully saturated rings. The lowest BCUT2D eigenvalue weighted by molar-refractivity contribution is 0.0165. The summed E-state index contributed by atoms with van der Waals surface area (Å²) in [5, 5.41) is 0. The summed E-state index contributed by atoms with van der Waals surface area (Å²) in [6, 6.07) is 0.754. The zero-order valence-corrected chi connectivity index (χ0v) is 11.2. The van der Waals surface area contributed by atoms with E-state index in [1.807, 2.05) is 0 Å². The fourth-order valence-corrected chi connectivity index (χ4v) is 3.88. The summed E-state index contributed by atoms with van der Waals surface area (Å²) in [6.45, 7) is 9.33. The van der Waals surface area contributed by atoms with Gasteiger partial charge in [-0.2, -0.15) is 0 Å². The van der Waals surface area contributed by atoms with Gasteiger partial charge in [0, 0.05) is 18.1 Å². The molecule has 0 amide bonds. The molecule has 0 spiro atoms. The van der Waals surface area contributed by atoms with Crippen molar-refractivity contribution in [2.24, 2.45) is 17.6 Å². The van der Waals surface area contributed by atoms with Crippen molar-refractivity contribution >= 4 is 0 Å². The monoisotopic (exact) mass is 224 g/mol. The van der Waals surface area contributed by atoms with Gasteiger partial charge in [-0.05, 0) is 57.4 Å². The maximum absolute atomic E-state index is 6.15. The van der Waals surface area contributed by atoms with Crippen LogP contribution >= 0.6 is 0 Å². The lowest BCUT2D eigenvalue weighted by Crippen LogP contribution is -2.58. The third-order valence-electron chi connectivity index (χ3n) is 5.28. The van der Waals surface area contributed by atoms with Crippen molar-refractivity contribution in [1.82, 2.24) is 4.90 Å². The van der Waals surface area contributed by atoms with Gasteiger partial charge in [-0.25, -0.2) is 0 Å². The molecule has 0 bridgehead atoms. The van der Waals surface area contributed by atoms with Crippen LogP contribution in [0.15, 0.2) is 0 Å². The van der Waals surface area contributed by atoms with Gasteiger partial charge in [-0.1, -0.05) is 13.8 Å². The van der Waals surface area contributed by atoms with Gasteiger partial charge in [-0.3, -0.25) is 4.90 Å². The molecule has 2 nitrogen and oxygen atoms in total. The summed E-state index contributed by atoms with van der Waals surface area (Å²) in [4.78, 5) is 2.73. The molecular weight excluding hydrogens is 196 g/mol. The van der Waals surface area contributed by atoms with E-state index in [0.29, 0.717) is 5.54 Å². The van der Waals surface area contributed by atoms with Crippen molar-refractivity contribution < 1.29 is 0 Å². The molecule has 1 aliphatic carbocycles. The number of hydrogen-bond acceptors (Lipinski definition) is 2. The average Bonchev–Trinajstić information content (AvgIpc) is 2.70. The normalized spacial score (nSPS) is 46.1. The Morgan fingerprint density at radius 2 is 1.94 bits per heavy atom. The number of rotatable bonds is 2. The van der Waals surface area contributed by atoms with Crippen LogP contribution in [-0.2, 0) is 0 Å². The summed E-state index contributed by atoms with van der Waals surface area (Å²) < 4.78 is 0. The second kappa shape index (κ2) is 4.66. The van der Waals surface area contributed by atoms with Crippen LogP contribution in [0.3, 0.4) is 0 Å². The molecule has 1 heterocycles. The number of nitrogens with two attached hydrogens (primary N) is 1. The minimum atomic E-state index is 0.335. The maximum Gasteiger partial charge on any atom is 0.0337 e. The first-order valence-electron chi connectivity index (χ1n) is 7.06. The Kier molecular flexibility index (Phi) is 3.60. The van der Waals surface area contributed by atoms with E-state index in [2.05, 4.69) is 25.7 Å². The van der Waals surface area contributed by atoms with Crippen LogP contribution in [0.2, 0.25) is 0 Å². The predicted octanol–water partition coefficient (Wildman–Crippen LogP) is 2.62. The lowest BCUT2D eigenvalue weighted by atomic mass is 9.70. The van der Waals surface area contributed by atoms with Gasteiger partial charge in [0.05, 0.1) is 0 Å². The molecule has 94 valence electrons. The Morgan fingerprint density at radius 1 is 1.19 bits per heavy atom. The van der Waals surface area contributed by atoms with Crippen molar-refractivity contribution in [3.05, 3.63) is 0 Å². The van der Waals surface area contributed by atoms with Crippen LogP contribution < -0.4 is 5.73 Å². The standard InChI is InChI=1S/C14H28N2/c1-11-6-7-14(10-15,9-12(11)2)16-8-4-5-13(16)3/h11-13H,4-10,15H2,1-3H3. The van der Waals surface area contributed by atoms with E-state index in [-0.39, 0.29) is 0 Å². The van der Waals surface area contributed by atoms with Gasteiger partial charge in [0.1, 0.15) is 0 Å². The Bertz CT molecular complexity index is 241. The van der Waals surface area contributed by atoms with E-state index in [0.717, 1.165) is 24.4 Å². The van der Waals surface area contributed by atoms with Gasteiger partial charge in [0.15, 0.2) is 0 Å². The van der Waals surface area contributed by atoms with Crippen molar-refractivity contribution in [3.63, 3.8) is 0 Å². The SMILES string of the molecule is CC1CCC(CN)(N2CCCC2C)CC1C. The second-order valence-corrected chi connectivity index (χ2v) is 6.31. The Morgan fingerprint density at radius 3 is 2.44 bits per heavy atom. The van der Waals surface area contributed by atoms with Gasteiger partial charge in [0.2, 0.25) is 0 Å². The molecule has 2 heteroatoms. The van der Waals surface area contributed by atoms with Crippen LogP contribution in [-0.4, -0.2) is 29.6 Å². The highest BCUT2D eigenvalue weighted by Gasteiger charge is 2.44. The smallest absolute Gasteiger partial charge is 0.0337 e. The number of likely N-dealkylation sites (tertiary alicyclic amines) is 1. The van der Waals surface area contributed by atoms with E-state index < -0.39 is 0 Å². The first-order valence-corrected chi connectivity index (χ1v) is 7.06. The van der Waals surface area contributed by atoms with Crippen LogP contribution in [0.4, 0.5) is 0 Å². The van der Waals surface area contributed by atoms with E-state index in [1.165, 1.54) is 38.6 Å². The van der Waals surface area contributed by atoms with E-state index in [1.54, 1.807) is 0 Å². The summed E-state index contributed by atoms with van der Waals surface area (Å²) in [5.41, 5.74) is 6.48. The molecule has 1 aliphatic heterocycles. The minimum absolute atomic E-state index is 0.335. The van der Waals surface area contributed by atoms with Gasteiger partial charge >= 0.3 is 0 Å². The topological polar surface area (TPSA) is 29.3 Å². The van der Waals surface area contributed by atoms with Crippen LogP contribution in [0.25, 0.3) is 0 Å². The van der Waals surface area contributed by atoms with Gasteiger partial charge in [0.25, 0.3) is 0 Å². The summed E-state index contributed by atoms with van der Waals surface area (Å²) in [6.07, 6.45) is 6.73. The zero-order chi connectivity index (χ0) is 11.8. The number of hydrogen-bond donors (Lipinski definition) is 1. The fourth-order valence-electron chi connectivity index (χ4n) is 3.88. The highest BCUT2D eigenvalue weighted by molar-refractivity contribution is 5.00. The first-order chi connectivity index (χ1) is 7.59. The average molecular weight is 224 g/mol. The molecule has 1 saturated carbocycles. The molecule has 4 atom stereocenters. The molecule has 2 N–H and O–H groups in total.